The smallest absolute Gasteiger partial charge is 0.232 e. The molecular weight excluding hydrogens is 286 g/mol. The molecule has 0 saturated heterocycles. The van der Waals surface area contributed by atoms with Crippen LogP contribution in [0.5, 0.6) is 0 Å². The number of ketones is 1. The van der Waals surface area contributed by atoms with Crippen LogP contribution in [-0.2, 0) is 4.79 Å². The van der Waals surface area contributed by atoms with E-state index in [1.807, 2.05) is 36.4 Å². The molecule has 2 aromatic rings. The van der Waals surface area contributed by atoms with Crippen molar-refractivity contribution in [3.05, 3.63) is 65.7 Å². The molecule has 2 atom stereocenters. The predicted octanol–water partition coefficient (Wildman–Crippen LogP) is 4.66. The minimum atomic E-state index is -0.235. The van der Waals surface area contributed by atoms with Crippen molar-refractivity contribution in [3.8, 4) is 0 Å². The fraction of sp³-hybridized carbons (Fsp3) is 0.300. The molecule has 2 unspecified atom stereocenters. The lowest BCUT2D eigenvalue weighted by Crippen LogP contribution is -2.26. The molecule has 2 rings (SSSR count). The van der Waals surface area contributed by atoms with Crippen LogP contribution in [0.15, 0.2) is 54.6 Å². The topological polar surface area (TPSA) is 46.2 Å². The lowest BCUT2D eigenvalue weighted by Gasteiger charge is -2.23. The highest BCUT2D eigenvalue weighted by atomic mass is 16.2. The largest absolute Gasteiger partial charge is 0.325 e. The third-order valence-corrected chi connectivity index (χ3v) is 4.22. The second-order valence-electron chi connectivity index (χ2n) is 5.86. The van der Waals surface area contributed by atoms with E-state index in [2.05, 4.69) is 19.2 Å². The molecule has 3 heteroatoms. The van der Waals surface area contributed by atoms with Gasteiger partial charge in [-0.15, -0.1) is 0 Å². The molecule has 23 heavy (non-hydrogen) atoms. The first-order valence-corrected chi connectivity index (χ1v) is 8.00. The zero-order valence-corrected chi connectivity index (χ0v) is 13.9. The highest BCUT2D eigenvalue weighted by molar-refractivity contribution is 6.05. The van der Waals surface area contributed by atoms with Crippen LogP contribution in [0, 0.1) is 5.92 Å². The summed E-state index contributed by atoms with van der Waals surface area (Å²) in [7, 11) is 0. The number of hydrogen-bond donors (Lipinski definition) is 1. The summed E-state index contributed by atoms with van der Waals surface area (Å²) < 4.78 is 0. The molecular formula is C20H23NO2. The third kappa shape index (κ3) is 4.07. The summed E-state index contributed by atoms with van der Waals surface area (Å²) in [5, 5.41) is 2.95. The summed E-state index contributed by atoms with van der Waals surface area (Å²) >= 11 is 0. The van der Waals surface area contributed by atoms with E-state index in [0.717, 1.165) is 12.0 Å². The van der Waals surface area contributed by atoms with E-state index in [0.29, 0.717) is 11.3 Å². The van der Waals surface area contributed by atoms with Gasteiger partial charge in [-0.3, -0.25) is 9.59 Å². The average molecular weight is 309 g/mol. The molecule has 0 saturated carbocycles. The molecule has 2 aromatic carbocycles. The fourth-order valence-corrected chi connectivity index (χ4v) is 2.74. The lowest BCUT2D eigenvalue weighted by molar-refractivity contribution is -0.118. The molecule has 0 radical (unpaired) electrons. The molecule has 1 N–H and O–H groups in total. The number of carbonyl (C=O) groups excluding carboxylic acids is 2. The number of carbonyl (C=O) groups is 2. The third-order valence-electron chi connectivity index (χ3n) is 4.22. The summed E-state index contributed by atoms with van der Waals surface area (Å²) in [5.74, 6) is -0.150. The Morgan fingerprint density at radius 1 is 1.00 bits per heavy atom. The second kappa shape index (κ2) is 7.73. The van der Waals surface area contributed by atoms with Crippen molar-refractivity contribution in [2.45, 2.75) is 33.1 Å². The van der Waals surface area contributed by atoms with Gasteiger partial charge < -0.3 is 5.32 Å². The zero-order valence-electron chi connectivity index (χ0n) is 13.9. The van der Waals surface area contributed by atoms with Crippen LogP contribution in [0.3, 0.4) is 0 Å². The number of amides is 1. The van der Waals surface area contributed by atoms with Crippen molar-refractivity contribution >= 4 is 17.4 Å². The first kappa shape index (κ1) is 16.9. The molecule has 0 fully saturated rings. The molecule has 0 aliphatic rings. The van der Waals surface area contributed by atoms with E-state index >= 15 is 0 Å². The molecule has 0 aromatic heterocycles. The summed E-state index contributed by atoms with van der Waals surface area (Å²) in [6.45, 7) is 5.67. The van der Waals surface area contributed by atoms with Crippen molar-refractivity contribution in [2.24, 2.45) is 5.92 Å². The van der Waals surface area contributed by atoms with Gasteiger partial charge in [0.1, 0.15) is 0 Å². The Balaban J connectivity index is 2.31. The Morgan fingerprint density at radius 3 is 2.22 bits per heavy atom. The molecule has 0 heterocycles. The Kier molecular flexibility index (Phi) is 5.69. The zero-order chi connectivity index (χ0) is 16.8. The van der Waals surface area contributed by atoms with Gasteiger partial charge in [0.05, 0.1) is 11.6 Å². The van der Waals surface area contributed by atoms with Crippen LogP contribution in [0.25, 0.3) is 0 Å². The van der Waals surface area contributed by atoms with Crippen molar-refractivity contribution in [2.75, 3.05) is 5.32 Å². The summed E-state index contributed by atoms with van der Waals surface area (Å²) in [6, 6.07) is 16.9. The number of Topliss-reactive ketones (excluding diaryl/α,β-unsaturated/α-hetero) is 1. The molecule has 120 valence electrons. The Labute approximate surface area is 137 Å². The van der Waals surface area contributed by atoms with Gasteiger partial charge >= 0.3 is 0 Å². The van der Waals surface area contributed by atoms with E-state index in [1.165, 1.54) is 6.92 Å². The number of anilines is 1. The van der Waals surface area contributed by atoms with Gasteiger partial charge in [-0.2, -0.15) is 0 Å². The molecule has 1 amide bonds. The van der Waals surface area contributed by atoms with Crippen molar-refractivity contribution in [3.63, 3.8) is 0 Å². The summed E-state index contributed by atoms with van der Waals surface area (Å²) in [5.41, 5.74) is 2.12. The Bertz CT molecular complexity index is 679. The van der Waals surface area contributed by atoms with Crippen LogP contribution in [0.1, 0.15) is 49.0 Å². The number of nitrogens with one attached hydrogen (secondary N) is 1. The highest BCUT2D eigenvalue weighted by Crippen LogP contribution is 2.29. The average Bonchev–Trinajstić information content (AvgIpc) is 2.56. The first-order chi connectivity index (χ1) is 11.0. The molecule has 0 aliphatic heterocycles. The standard InChI is InChI=1S/C20H23NO2/c1-4-14(2)19(16-10-6-5-7-11-16)20(23)21-18-13-9-8-12-17(18)15(3)22/h5-14,19H,4H2,1-3H3,(H,21,23). The number of para-hydroxylation sites is 1. The Morgan fingerprint density at radius 2 is 1.61 bits per heavy atom. The SMILES string of the molecule is CCC(C)C(C(=O)Nc1ccccc1C(C)=O)c1ccccc1. The van der Waals surface area contributed by atoms with Crippen LogP contribution in [-0.4, -0.2) is 11.7 Å². The normalized spacial score (nSPS) is 13.2. The van der Waals surface area contributed by atoms with E-state index in [4.69, 9.17) is 0 Å². The van der Waals surface area contributed by atoms with E-state index in [9.17, 15) is 9.59 Å². The van der Waals surface area contributed by atoms with E-state index in [-0.39, 0.29) is 23.5 Å². The highest BCUT2D eigenvalue weighted by Gasteiger charge is 2.26. The van der Waals surface area contributed by atoms with Gasteiger partial charge in [0.15, 0.2) is 5.78 Å². The quantitative estimate of drug-likeness (QED) is 0.789. The number of hydrogen-bond acceptors (Lipinski definition) is 2. The fourth-order valence-electron chi connectivity index (χ4n) is 2.74. The lowest BCUT2D eigenvalue weighted by atomic mass is 9.84. The van der Waals surface area contributed by atoms with Crippen molar-refractivity contribution in [1.82, 2.24) is 0 Å². The predicted molar refractivity (Wildman–Crippen MR) is 93.7 cm³/mol. The van der Waals surface area contributed by atoms with E-state index in [1.54, 1.807) is 18.2 Å². The van der Waals surface area contributed by atoms with Gasteiger partial charge in [-0.25, -0.2) is 0 Å². The van der Waals surface area contributed by atoms with Gasteiger partial charge in [-0.1, -0.05) is 62.7 Å². The van der Waals surface area contributed by atoms with Crippen LogP contribution in [0.4, 0.5) is 5.69 Å². The van der Waals surface area contributed by atoms with Gasteiger partial charge in [0.2, 0.25) is 5.91 Å². The van der Waals surface area contributed by atoms with Crippen LogP contribution < -0.4 is 5.32 Å². The molecule has 0 spiro atoms. The first-order valence-electron chi connectivity index (χ1n) is 8.00. The van der Waals surface area contributed by atoms with Crippen LogP contribution >= 0.6 is 0 Å². The maximum Gasteiger partial charge on any atom is 0.232 e. The number of rotatable bonds is 6. The monoisotopic (exact) mass is 309 g/mol. The van der Waals surface area contributed by atoms with Crippen molar-refractivity contribution in [1.29, 1.82) is 0 Å². The van der Waals surface area contributed by atoms with Gasteiger partial charge in [-0.05, 0) is 30.5 Å². The molecule has 3 nitrogen and oxygen atoms in total. The maximum absolute atomic E-state index is 12.9. The minimum absolute atomic E-state index is 0.0549. The molecule has 0 bridgehead atoms. The van der Waals surface area contributed by atoms with Gasteiger partial charge in [0.25, 0.3) is 0 Å². The maximum atomic E-state index is 12.9. The Hall–Kier alpha value is -2.42. The van der Waals surface area contributed by atoms with Crippen molar-refractivity contribution < 1.29 is 9.59 Å². The number of benzene rings is 2. The second-order valence-corrected chi connectivity index (χ2v) is 5.86. The summed E-state index contributed by atoms with van der Waals surface area (Å²) in [6.07, 6.45) is 0.904. The molecule has 0 aliphatic carbocycles. The van der Waals surface area contributed by atoms with E-state index < -0.39 is 0 Å². The van der Waals surface area contributed by atoms with Crippen LogP contribution in [0.2, 0.25) is 0 Å². The minimum Gasteiger partial charge on any atom is -0.325 e. The summed E-state index contributed by atoms with van der Waals surface area (Å²) in [4.78, 5) is 24.6. The van der Waals surface area contributed by atoms with Gasteiger partial charge in [0, 0.05) is 5.56 Å².